The summed E-state index contributed by atoms with van der Waals surface area (Å²) in [5, 5.41) is 0. The Balaban J connectivity index is 2.20. The van der Waals surface area contributed by atoms with E-state index in [0.29, 0.717) is 6.54 Å². The number of nitrogens with zero attached hydrogens (tertiary/aromatic N) is 2. The molecule has 0 atom stereocenters. The van der Waals surface area contributed by atoms with Gasteiger partial charge in [0.05, 0.1) is 11.4 Å². The number of aryl methyl sites for hydroxylation is 2. The molecule has 3 rings (SSSR count). The maximum absolute atomic E-state index is 6.06. The van der Waals surface area contributed by atoms with E-state index in [4.69, 9.17) is 10.7 Å². The molecule has 4 nitrogen and oxygen atoms in total. The molecule has 0 saturated heterocycles. The zero-order valence-electron chi connectivity index (χ0n) is 11.1. The molecule has 2 aromatic heterocycles. The van der Waals surface area contributed by atoms with Crippen molar-refractivity contribution in [1.29, 1.82) is 0 Å². The number of rotatable bonds is 2. The molecule has 2 aromatic rings. The van der Waals surface area contributed by atoms with Gasteiger partial charge in [-0.3, -0.25) is 0 Å². The number of nitrogens with one attached hydrogen (secondary N) is 1. The van der Waals surface area contributed by atoms with Crippen LogP contribution in [0.15, 0.2) is 6.20 Å². The highest BCUT2D eigenvalue weighted by atomic mass is 14.9. The molecule has 18 heavy (non-hydrogen) atoms. The van der Waals surface area contributed by atoms with Gasteiger partial charge in [0.2, 0.25) is 0 Å². The fourth-order valence-corrected chi connectivity index (χ4v) is 3.14. The summed E-state index contributed by atoms with van der Waals surface area (Å²) in [5.41, 5.74) is 11.4. The lowest BCUT2D eigenvalue weighted by Crippen LogP contribution is -2.31. The number of hydrogen-bond donors (Lipinski definition) is 2. The van der Waals surface area contributed by atoms with Crippen LogP contribution in [0.2, 0.25) is 0 Å². The Hall–Kier alpha value is -1.42. The van der Waals surface area contributed by atoms with Gasteiger partial charge in [-0.1, -0.05) is 12.8 Å². The van der Waals surface area contributed by atoms with E-state index in [1.807, 2.05) is 13.8 Å². The Morgan fingerprint density at radius 3 is 2.56 bits per heavy atom. The SMILES string of the molecule is Cc1nc2[nH]cc(C3(CN)CCCC3)c2nc1C. The summed E-state index contributed by atoms with van der Waals surface area (Å²) in [5.74, 6) is 0. The molecule has 1 fully saturated rings. The number of aromatic nitrogens is 3. The Labute approximate surface area is 107 Å². The Kier molecular flexibility index (Phi) is 2.63. The van der Waals surface area contributed by atoms with Gasteiger partial charge in [-0.15, -0.1) is 0 Å². The number of nitrogens with two attached hydrogens (primary N) is 1. The minimum Gasteiger partial charge on any atom is -0.344 e. The second-order valence-corrected chi connectivity index (χ2v) is 5.49. The van der Waals surface area contributed by atoms with Crippen molar-refractivity contribution in [3.8, 4) is 0 Å². The number of hydrogen-bond acceptors (Lipinski definition) is 3. The lowest BCUT2D eigenvalue weighted by Gasteiger charge is -2.26. The molecule has 0 aromatic carbocycles. The van der Waals surface area contributed by atoms with Crippen LogP contribution < -0.4 is 5.73 Å². The summed E-state index contributed by atoms with van der Waals surface area (Å²) in [4.78, 5) is 12.6. The number of fused-ring (bicyclic) bond motifs is 1. The molecule has 2 heterocycles. The van der Waals surface area contributed by atoms with Gasteiger partial charge in [0.25, 0.3) is 0 Å². The quantitative estimate of drug-likeness (QED) is 0.852. The maximum atomic E-state index is 6.06. The van der Waals surface area contributed by atoms with Gasteiger partial charge in [-0.2, -0.15) is 0 Å². The monoisotopic (exact) mass is 244 g/mol. The van der Waals surface area contributed by atoms with Crippen molar-refractivity contribution < 1.29 is 0 Å². The molecular weight excluding hydrogens is 224 g/mol. The summed E-state index contributed by atoms with van der Waals surface area (Å²) >= 11 is 0. The van der Waals surface area contributed by atoms with Gasteiger partial charge in [-0.05, 0) is 26.7 Å². The molecule has 0 radical (unpaired) electrons. The van der Waals surface area contributed by atoms with Crippen LogP contribution in [0.4, 0.5) is 0 Å². The highest BCUT2D eigenvalue weighted by Crippen LogP contribution is 2.42. The highest BCUT2D eigenvalue weighted by Gasteiger charge is 2.36. The Morgan fingerprint density at radius 2 is 1.89 bits per heavy atom. The molecule has 1 saturated carbocycles. The first-order valence-electron chi connectivity index (χ1n) is 6.69. The molecule has 0 amide bonds. The van der Waals surface area contributed by atoms with Gasteiger partial charge < -0.3 is 10.7 Å². The first kappa shape index (κ1) is 11.7. The van der Waals surface area contributed by atoms with Gasteiger partial charge in [0.1, 0.15) is 5.52 Å². The van der Waals surface area contributed by atoms with Crippen molar-refractivity contribution >= 4 is 11.2 Å². The number of H-pyrrole nitrogens is 1. The standard InChI is InChI=1S/C14H20N4/c1-9-10(2)18-13-12(17-9)11(7-16-13)14(8-15)5-3-4-6-14/h7H,3-6,8,15H2,1-2H3,(H,16,18). The van der Waals surface area contributed by atoms with Gasteiger partial charge in [0.15, 0.2) is 5.65 Å². The molecule has 96 valence electrons. The van der Waals surface area contributed by atoms with Crippen molar-refractivity contribution in [1.82, 2.24) is 15.0 Å². The summed E-state index contributed by atoms with van der Waals surface area (Å²) in [7, 11) is 0. The molecule has 0 aliphatic heterocycles. The van der Waals surface area contributed by atoms with Crippen LogP contribution in [-0.2, 0) is 5.41 Å². The minimum atomic E-state index is 0.120. The van der Waals surface area contributed by atoms with Crippen molar-refractivity contribution in [3.05, 3.63) is 23.1 Å². The Bertz CT molecular complexity index is 579. The zero-order chi connectivity index (χ0) is 12.8. The van der Waals surface area contributed by atoms with E-state index < -0.39 is 0 Å². The molecule has 1 aliphatic rings. The predicted molar refractivity (Wildman–Crippen MR) is 72.6 cm³/mol. The van der Waals surface area contributed by atoms with Crippen molar-refractivity contribution in [2.75, 3.05) is 6.54 Å². The first-order chi connectivity index (χ1) is 8.66. The van der Waals surface area contributed by atoms with Crippen LogP contribution in [0, 0.1) is 13.8 Å². The van der Waals surface area contributed by atoms with E-state index >= 15 is 0 Å². The van der Waals surface area contributed by atoms with E-state index in [9.17, 15) is 0 Å². The van der Waals surface area contributed by atoms with Gasteiger partial charge in [0, 0.05) is 23.7 Å². The molecule has 1 aliphatic carbocycles. The lowest BCUT2D eigenvalue weighted by molar-refractivity contribution is 0.456. The zero-order valence-corrected chi connectivity index (χ0v) is 11.1. The smallest absolute Gasteiger partial charge is 0.156 e. The second-order valence-electron chi connectivity index (χ2n) is 5.49. The third-order valence-corrected chi connectivity index (χ3v) is 4.44. The molecule has 4 heteroatoms. The molecule has 0 bridgehead atoms. The molecule has 0 unspecified atom stereocenters. The summed E-state index contributed by atoms with van der Waals surface area (Å²) in [6.07, 6.45) is 6.95. The fraction of sp³-hybridized carbons (Fsp3) is 0.571. The third kappa shape index (κ3) is 1.56. The topological polar surface area (TPSA) is 67.6 Å². The van der Waals surface area contributed by atoms with Gasteiger partial charge >= 0.3 is 0 Å². The molecular formula is C14H20N4. The van der Waals surface area contributed by atoms with Crippen LogP contribution in [0.3, 0.4) is 0 Å². The van der Waals surface area contributed by atoms with Gasteiger partial charge in [-0.25, -0.2) is 9.97 Å². The van der Waals surface area contributed by atoms with E-state index in [0.717, 1.165) is 22.6 Å². The van der Waals surface area contributed by atoms with E-state index in [1.165, 1.54) is 31.2 Å². The van der Waals surface area contributed by atoms with E-state index in [-0.39, 0.29) is 5.41 Å². The van der Waals surface area contributed by atoms with Crippen LogP contribution in [0.1, 0.15) is 42.6 Å². The summed E-state index contributed by atoms with van der Waals surface area (Å²) < 4.78 is 0. The third-order valence-electron chi connectivity index (χ3n) is 4.44. The Morgan fingerprint density at radius 1 is 1.22 bits per heavy atom. The first-order valence-corrected chi connectivity index (χ1v) is 6.69. The minimum absolute atomic E-state index is 0.120. The van der Waals surface area contributed by atoms with Crippen LogP contribution >= 0.6 is 0 Å². The van der Waals surface area contributed by atoms with Crippen molar-refractivity contribution in [2.45, 2.75) is 44.9 Å². The highest BCUT2D eigenvalue weighted by molar-refractivity contribution is 5.77. The molecule has 0 spiro atoms. The lowest BCUT2D eigenvalue weighted by atomic mass is 9.80. The average Bonchev–Trinajstić information content (AvgIpc) is 2.97. The van der Waals surface area contributed by atoms with Crippen LogP contribution in [0.5, 0.6) is 0 Å². The largest absolute Gasteiger partial charge is 0.344 e. The van der Waals surface area contributed by atoms with E-state index in [2.05, 4.69) is 16.2 Å². The number of aromatic amines is 1. The summed E-state index contributed by atoms with van der Waals surface area (Å²) in [6, 6.07) is 0. The normalized spacial score (nSPS) is 18.6. The van der Waals surface area contributed by atoms with Crippen LogP contribution in [0.25, 0.3) is 11.2 Å². The molecule has 3 N–H and O–H groups in total. The predicted octanol–water partition coefficient (Wildman–Crippen LogP) is 2.35. The average molecular weight is 244 g/mol. The maximum Gasteiger partial charge on any atom is 0.156 e. The second kappa shape index (κ2) is 4.05. The summed E-state index contributed by atoms with van der Waals surface area (Å²) in [6.45, 7) is 4.72. The van der Waals surface area contributed by atoms with Crippen LogP contribution in [-0.4, -0.2) is 21.5 Å². The van der Waals surface area contributed by atoms with Crippen molar-refractivity contribution in [2.24, 2.45) is 5.73 Å². The van der Waals surface area contributed by atoms with E-state index in [1.54, 1.807) is 0 Å². The fourth-order valence-electron chi connectivity index (χ4n) is 3.14. The van der Waals surface area contributed by atoms with Crippen molar-refractivity contribution in [3.63, 3.8) is 0 Å².